The Bertz CT molecular complexity index is 763. The molecular formula is C20H22N2O. The lowest BCUT2D eigenvalue weighted by Crippen LogP contribution is -2.46. The number of nitrogens with zero attached hydrogens (tertiary/aromatic N) is 2. The van der Waals surface area contributed by atoms with Gasteiger partial charge < -0.3 is 4.57 Å². The molecule has 1 aromatic carbocycles. The van der Waals surface area contributed by atoms with Crippen LogP contribution in [0.15, 0.2) is 59.4 Å². The summed E-state index contributed by atoms with van der Waals surface area (Å²) in [5, 5.41) is 0. The Morgan fingerprint density at radius 2 is 1.87 bits per heavy atom. The zero-order valence-electron chi connectivity index (χ0n) is 13.3. The monoisotopic (exact) mass is 306 g/mol. The number of likely N-dealkylation sites (tertiary alicyclic amines) is 1. The maximum Gasteiger partial charge on any atom is 0.250 e. The number of hydrogen-bond acceptors (Lipinski definition) is 2. The summed E-state index contributed by atoms with van der Waals surface area (Å²) in [5.41, 5.74) is 2.64. The van der Waals surface area contributed by atoms with Crippen molar-refractivity contribution in [1.82, 2.24) is 9.47 Å². The van der Waals surface area contributed by atoms with Crippen molar-refractivity contribution < 1.29 is 0 Å². The fraction of sp³-hybridized carbons (Fsp3) is 0.350. The van der Waals surface area contributed by atoms with E-state index in [0.717, 1.165) is 26.2 Å². The molecule has 118 valence electrons. The van der Waals surface area contributed by atoms with E-state index in [2.05, 4.69) is 47.4 Å². The van der Waals surface area contributed by atoms with Gasteiger partial charge in [0.05, 0.1) is 0 Å². The van der Waals surface area contributed by atoms with Crippen LogP contribution in [0.25, 0.3) is 6.08 Å². The molecule has 0 spiro atoms. The molecule has 0 amide bonds. The van der Waals surface area contributed by atoms with Crippen LogP contribution in [-0.4, -0.2) is 29.1 Å². The maximum atomic E-state index is 12.0. The minimum absolute atomic E-state index is 0.162. The predicted molar refractivity (Wildman–Crippen MR) is 93.5 cm³/mol. The second-order valence-corrected chi connectivity index (χ2v) is 6.73. The van der Waals surface area contributed by atoms with Crippen molar-refractivity contribution in [3.8, 4) is 0 Å². The highest BCUT2D eigenvalue weighted by atomic mass is 16.1. The van der Waals surface area contributed by atoms with E-state index in [0.29, 0.717) is 11.8 Å². The minimum atomic E-state index is 0.162. The molecule has 1 aromatic heterocycles. The van der Waals surface area contributed by atoms with Crippen LogP contribution in [0.5, 0.6) is 0 Å². The van der Waals surface area contributed by atoms with Crippen LogP contribution in [0.4, 0.5) is 0 Å². The van der Waals surface area contributed by atoms with Gasteiger partial charge in [0.2, 0.25) is 0 Å². The summed E-state index contributed by atoms with van der Waals surface area (Å²) in [6.45, 7) is 4.01. The third-order valence-corrected chi connectivity index (χ3v) is 5.03. The number of fused-ring (bicyclic) bond motifs is 4. The van der Waals surface area contributed by atoms with Crippen molar-refractivity contribution in [3.63, 3.8) is 0 Å². The largest absolute Gasteiger partial charge is 0.312 e. The Morgan fingerprint density at radius 3 is 2.74 bits per heavy atom. The topological polar surface area (TPSA) is 25.2 Å². The third-order valence-electron chi connectivity index (χ3n) is 5.03. The van der Waals surface area contributed by atoms with E-state index in [4.69, 9.17) is 0 Å². The second kappa shape index (κ2) is 6.17. The first-order valence-corrected chi connectivity index (χ1v) is 8.43. The van der Waals surface area contributed by atoms with Crippen LogP contribution in [0, 0.1) is 5.92 Å². The molecule has 0 N–H and O–H groups in total. The summed E-state index contributed by atoms with van der Waals surface area (Å²) in [7, 11) is 0. The summed E-state index contributed by atoms with van der Waals surface area (Å²) < 4.78 is 2.00. The second-order valence-electron chi connectivity index (χ2n) is 6.73. The van der Waals surface area contributed by atoms with Gasteiger partial charge in [0, 0.05) is 43.9 Å². The summed E-state index contributed by atoms with van der Waals surface area (Å²) >= 11 is 0. The third kappa shape index (κ3) is 3.02. The van der Waals surface area contributed by atoms with E-state index in [1.807, 2.05) is 16.7 Å². The summed E-state index contributed by atoms with van der Waals surface area (Å²) in [6, 6.07) is 16.2. The van der Waals surface area contributed by atoms with E-state index in [-0.39, 0.29) is 5.56 Å². The van der Waals surface area contributed by atoms with E-state index >= 15 is 0 Å². The molecule has 1 saturated heterocycles. The van der Waals surface area contributed by atoms with Gasteiger partial charge in [-0.1, -0.05) is 48.6 Å². The van der Waals surface area contributed by atoms with E-state index in [1.165, 1.54) is 17.7 Å². The number of hydrogen-bond donors (Lipinski definition) is 0. The lowest BCUT2D eigenvalue weighted by molar-refractivity contribution is 0.131. The zero-order chi connectivity index (χ0) is 15.6. The number of pyridine rings is 1. The maximum absolute atomic E-state index is 12.0. The quantitative estimate of drug-likeness (QED) is 0.871. The number of benzene rings is 1. The Hall–Kier alpha value is -2.13. The van der Waals surface area contributed by atoms with Gasteiger partial charge in [-0.3, -0.25) is 9.69 Å². The van der Waals surface area contributed by atoms with E-state index < -0.39 is 0 Å². The van der Waals surface area contributed by atoms with E-state index in [9.17, 15) is 4.79 Å². The molecule has 0 aliphatic carbocycles. The smallest absolute Gasteiger partial charge is 0.250 e. The summed E-state index contributed by atoms with van der Waals surface area (Å²) in [4.78, 5) is 14.6. The lowest BCUT2D eigenvalue weighted by Gasteiger charge is -2.42. The minimum Gasteiger partial charge on any atom is -0.312 e. The van der Waals surface area contributed by atoms with Gasteiger partial charge in [0.25, 0.3) is 5.56 Å². The molecule has 3 heteroatoms. The molecule has 4 rings (SSSR count). The van der Waals surface area contributed by atoms with Crippen molar-refractivity contribution in [1.29, 1.82) is 0 Å². The average molecular weight is 306 g/mol. The van der Waals surface area contributed by atoms with Crippen LogP contribution in [0.1, 0.15) is 23.6 Å². The molecule has 3 nitrogen and oxygen atoms in total. The van der Waals surface area contributed by atoms with Crippen LogP contribution in [0.3, 0.4) is 0 Å². The first-order chi connectivity index (χ1) is 11.3. The number of piperidine rings is 1. The highest BCUT2D eigenvalue weighted by Crippen LogP contribution is 2.34. The Balaban J connectivity index is 1.46. The Labute approximate surface area is 136 Å². The van der Waals surface area contributed by atoms with Gasteiger partial charge in [-0.05, 0) is 24.0 Å². The highest BCUT2D eigenvalue weighted by Gasteiger charge is 2.33. The molecule has 3 heterocycles. The van der Waals surface area contributed by atoms with Gasteiger partial charge in [0.1, 0.15) is 0 Å². The molecule has 23 heavy (non-hydrogen) atoms. The summed E-state index contributed by atoms with van der Waals surface area (Å²) in [5.74, 6) is 1.10. The van der Waals surface area contributed by atoms with Crippen molar-refractivity contribution in [3.05, 3.63) is 76.2 Å². The zero-order valence-corrected chi connectivity index (χ0v) is 13.3. The van der Waals surface area contributed by atoms with Crippen LogP contribution in [-0.2, 0) is 6.54 Å². The van der Waals surface area contributed by atoms with Crippen molar-refractivity contribution in [2.75, 3.05) is 19.6 Å². The molecule has 1 fully saturated rings. The molecule has 2 bridgehead atoms. The van der Waals surface area contributed by atoms with Gasteiger partial charge in [-0.15, -0.1) is 0 Å². The van der Waals surface area contributed by atoms with Gasteiger partial charge in [-0.2, -0.15) is 0 Å². The molecule has 2 aliphatic rings. The SMILES string of the molecule is O=c1cccc2n1C[C@@H]1C[C@H]2CN(C/C=C/c2ccccc2)C1. The fourth-order valence-electron chi connectivity index (χ4n) is 4.05. The van der Waals surface area contributed by atoms with Crippen molar-refractivity contribution in [2.24, 2.45) is 5.92 Å². The van der Waals surface area contributed by atoms with Gasteiger partial charge in [-0.25, -0.2) is 0 Å². The first-order valence-electron chi connectivity index (χ1n) is 8.43. The molecular weight excluding hydrogens is 284 g/mol. The standard InChI is InChI=1S/C20H22N2O/c23-20-10-4-9-19-18-12-17(14-22(19)20)13-21(15-18)11-5-8-16-6-2-1-3-7-16/h1-10,17-18H,11-15H2/b8-5+/t17-,18+/m1/s1. The Morgan fingerprint density at radius 1 is 1.00 bits per heavy atom. The first kappa shape index (κ1) is 14.5. The fourth-order valence-corrected chi connectivity index (χ4v) is 4.05. The van der Waals surface area contributed by atoms with E-state index in [1.54, 1.807) is 6.07 Å². The molecule has 0 unspecified atom stereocenters. The molecule has 0 saturated carbocycles. The number of rotatable bonds is 3. The molecule has 0 radical (unpaired) electrons. The number of aromatic nitrogens is 1. The lowest BCUT2D eigenvalue weighted by atomic mass is 9.83. The van der Waals surface area contributed by atoms with Crippen molar-refractivity contribution >= 4 is 6.08 Å². The average Bonchev–Trinajstić information content (AvgIpc) is 2.57. The normalized spacial score (nSPS) is 23.8. The van der Waals surface area contributed by atoms with Crippen molar-refractivity contribution in [2.45, 2.75) is 18.9 Å². The van der Waals surface area contributed by atoms with Gasteiger partial charge in [0.15, 0.2) is 0 Å². The predicted octanol–water partition coefficient (Wildman–Crippen LogP) is 2.98. The molecule has 2 aromatic rings. The highest BCUT2D eigenvalue weighted by molar-refractivity contribution is 5.48. The Kier molecular flexibility index (Phi) is 3.88. The van der Waals surface area contributed by atoms with Gasteiger partial charge >= 0.3 is 0 Å². The molecule has 2 atom stereocenters. The van der Waals surface area contributed by atoms with Crippen LogP contribution >= 0.6 is 0 Å². The van der Waals surface area contributed by atoms with Crippen LogP contribution in [0.2, 0.25) is 0 Å². The molecule has 2 aliphatic heterocycles. The van der Waals surface area contributed by atoms with Crippen LogP contribution < -0.4 is 5.56 Å². The summed E-state index contributed by atoms with van der Waals surface area (Å²) in [6.07, 6.45) is 5.68.